The summed E-state index contributed by atoms with van der Waals surface area (Å²) in [6.45, 7) is 0.0973. The molecule has 0 spiro atoms. The van der Waals surface area contributed by atoms with E-state index in [1.54, 1.807) is 12.4 Å². The van der Waals surface area contributed by atoms with Crippen LogP contribution in [0, 0.1) is 0 Å². The van der Waals surface area contributed by atoms with Gasteiger partial charge in [-0.3, -0.25) is 9.89 Å². The zero-order chi connectivity index (χ0) is 13.7. The first kappa shape index (κ1) is 13.4. The van der Waals surface area contributed by atoms with Gasteiger partial charge in [0, 0.05) is 24.3 Å². The molecule has 7 nitrogen and oxygen atoms in total. The van der Waals surface area contributed by atoms with Crippen molar-refractivity contribution >= 4 is 12.0 Å². The third-order valence-corrected chi connectivity index (χ3v) is 3.33. The summed E-state index contributed by atoms with van der Waals surface area (Å²) in [6, 6.07) is -0.282. The first-order chi connectivity index (χ1) is 9.16. The third-order valence-electron chi connectivity index (χ3n) is 3.33. The molecule has 1 aliphatic carbocycles. The van der Waals surface area contributed by atoms with E-state index in [9.17, 15) is 9.59 Å². The fraction of sp³-hybridized carbons (Fsp3) is 0.583. The van der Waals surface area contributed by atoms with Crippen LogP contribution >= 0.6 is 0 Å². The molecule has 2 amide bonds. The van der Waals surface area contributed by atoms with Crippen LogP contribution in [0.4, 0.5) is 4.79 Å². The van der Waals surface area contributed by atoms with Gasteiger partial charge >= 0.3 is 12.0 Å². The molecule has 1 saturated carbocycles. The normalized spacial score (nSPS) is 15.4. The number of hydrogen-bond acceptors (Lipinski definition) is 3. The van der Waals surface area contributed by atoms with Crippen LogP contribution in [0.25, 0.3) is 0 Å². The van der Waals surface area contributed by atoms with Gasteiger partial charge in [0.25, 0.3) is 0 Å². The van der Waals surface area contributed by atoms with Gasteiger partial charge in [-0.25, -0.2) is 4.79 Å². The number of aromatic amines is 1. The summed E-state index contributed by atoms with van der Waals surface area (Å²) in [6.07, 6.45) is 7.18. The summed E-state index contributed by atoms with van der Waals surface area (Å²) in [5.74, 6) is -0.981. The fourth-order valence-electron chi connectivity index (χ4n) is 2.38. The Balaban J connectivity index is 1.92. The number of amides is 2. The van der Waals surface area contributed by atoms with E-state index < -0.39 is 5.97 Å². The van der Waals surface area contributed by atoms with Gasteiger partial charge in [-0.1, -0.05) is 12.8 Å². The maximum Gasteiger partial charge on any atom is 0.323 e. The lowest BCUT2D eigenvalue weighted by atomic mass is 10.2. The molecular weight excluding hydrogens is 248 g/mol. The molecule has 3 N–H and O–H groups in total. The highest BCUT2D eigenvalue weighted by molar-refractivity contribution is 5.80. The summed E-state index contributed by atoms with van der Waals surface area (Å²) in [5.41, 5.74) is 0.857. The Morgan fingerprint density at radius 2 is 2.21 bits per heavy atom. The van der Waals surface area contributed by atoms with Crippen LogP contribution in [-0.2, 0) is 11.3 Å². The molecule has 7 heteroatoms. The molecule has 0 unspecified atom stereocenters. The van der Waals surface area contributed by atoms with E-state index >= 15 is 0 Å². The van der Waals surface area contributed by atoms with E-state index in [0.29, 0.717) is 6.54 Å². The average Bonchev–Trinajstić information content (AvgIpc) is 3.05. The SMILES string of the molecule is O=C(O)CN(C(=O)NCc1cn[nH]c1)C1CCCC1. The number of carboxylic acids is 1. The van der Waals surface area contributed by atoms with Crippen LogP contribution < -0.4 is 5.32 Å². The van der Waals surface area contributed by atoms with E-state index in [1.807, 2.05) is 0 Å². The van der Waals surface area contributed by atoms with Crippen molar-refractivity contribution in [3.63, 3.8) is 0 Å². The number of carbonyl (C=O) groups is 2. The Hall–Kier alpha value is -2.05. The number of urea groups is 1. The van der Waals surface area contributed by atoms with Crippen molar-refractivity contribution in [2.45, 2.75) is 38.3 Å². The summed E-state index contributed by atoms with van der Waals surface area (Å²) < 4.78 is 0. The molecular formula is C12H18N4O3. The standard InChI is InChI=1S/C12H18N4O3/c17-11(18)8-16(10-3-1-2-4-10)12(19)13-5-9-6-14-15-7-9/h6-7,10H,1-5,8H2,(H,13,19)(H,14,15)(H,17,18). The zero-order valence-electron chi connectivity index (χ0n) is 10.6. The number of aromatic nitrogens is 2. The highest BCUT2D eigenvalue weighted by atomic mass is 16.4. The van der Waals surface area contributed by atoms with Gasteiger partial charge in [0.1, 0.15) is 6.54 Å². The Labute approximate surface area is 111 Å². The number of carbonyl (C=O) groups excluding carboxylic acids is 1. The Bertz CT molecular complexity index is 426. The van der Waals surface area contributed by atoms with Crippen molar-refractivity contribution in [3.05, 3.63) is 18.0 Å². The second-order valence-corrected chi connectivity index (χ2v) is 4.73. The number of nitrogens with one attached hydrogen (secondary N) is 2. The molecule has 2 rings (SSSR count). The molecule has 1 aromatic heterocycles. The Morgan fingerprint density at radius 1 is 1.47 bits per heavy atom. The molecule has 0 saturated heterocycles. The fourth-order valence-corrected chi connectivity index (χ4v) is 2.38. The number of carboxylic acid groups (broad SMARTS) is 1. The lowest BCUT2D eigenvalue weighted by Gasteiger charge is -2.27. The summed E-state index contributed by atoms with van der Waals surface area (Å²) in [4.78, 5) is 24.4. The first-order valence-corrected chi connectivity index (χ1v) is 6.40. The summed E-state index contributed by atoms with van der Waals surface area (Å²) in [7, 11) is 0. The van der Waals surface area contributed by atoms with Crippen molar-refractivity contribution in [1.82, 2.24) is 20.4 Å². The van der Waals surface area contributed by atoms with E-state index in [4.69, 9.17) is 5.11 Å². The molecule has 0 aromatic carbocycles. The van der Waals surface area contributed by atoms with Crippen LogP contribution in [-0.4, -0.2) is 44.8 Å². The van der Waals surface area contributed by atoms with Gasteiger partial charge < -0.3 is 15.3 Å². The highest BCUT2D eigenvalue weighted by Crippen LogP contribution is 2.23. The van der Waals surface area contributed by atoms with Gasteiger partial charge in [0.05, 0.1) is 6.20 Å². The second kappa shape index (κ2) is 6.21. The first-order valence-electron chi connectivity index (χ1n) is 6.40. The number of H-pyrrole nitrogens is 1. The predicted molar refractivity (Wildman–Crippen MR) is 67.4 cm³/mol. The number of rotatable bonds is 5. The lowest BCUT2D eigenvalue weighted by Crippen LogP contribution is -2.47. The van der Waals surface area contributed by atoms with Crippen LogP contribution in [0.5, 0.6) is 0 Å². The molecule has 1 heterocycles. The maximum absolute atomic E-state index is 12.1. The minimum absolute atomic E-state index is 0.0421. The van der Waals surface area contributed by atoms with Crippen LogP contribution in [0.3, 0.4) is 0 Å². The van der Waals surface area contributed by atoms with Crippen molar-refractivity contribution < 1.29 is 14.7 Å². The smallest absolute Gasteiger partial charge is 0.323 e. The molecule has 1 fully saturated rings. The number of nitrogens with zero attached hydrogens (tertiary/aromatic N) is 2. The van der Waals surface area contributed by atoms with Crippen LogP contribution in [0.1, 0.15) is 31.2 Å². The Kier molecular flexibility index (Phi) is 4.38. The minimum Gasteiger partial charge on any atom is -0.480 e. The zero-order valence-corrected chi connectivity index (χ0v) is 10.6. The molecule has 1 aromatic rings. The van der Waals surface area contributed by atoms with E-state index in [0.717, 1.165) is 31.2 Å². The van der Waals surface area contributed by atoms with Crippen molar-refractivity contribution in [2.75, 3.05) is 6.54 Å². The largest absolute Gasteiger partial charge is 0.480 e. The summed E-state index contributed by atoms with van der Waals surface area (Å²) in [5, 5.41) is 18.1. The van der Waals surface area contributed by atoms with Crippen LogP contribution in [0.15, 0.2) is 12.4 Å². The van der Waals surface area contributed by atoms with Crippen molar-refractivity contribution in [3.8, 4) is 0 Å². The van der Waals surface area contributed by atoms with Crippen molar-refractivity contribution in [1.29, 1.82) is 0 Å². The van der Waals surface area contributed by atoms with Gasteiger partial charge in [0.15, 0.2) is 0 Å². The average molecular weight is 266 g/mol. The van der Waals surface area contributed by atoms with E-state index in [2.05, 4.69) is 15.5 Å². The molecule has 0 radical (unpaired) electrons. The molecule has 0 atom stereocenters. The Morgan fingerprint density at radius 3 is 2.79 bits per heavy atom. The monoisotopic (exact) mass is 266 g/mol. The molecule has 1 aliphatic rings. The molecule has 0 aliphatic heterocycles. The van der Waals surface area contributed by atoms with E-state index in [-0.39, 0.29) is 18.6 Å². The molecule has 0 bridgehead atoms. The molecule has 19 heavy (non-hydrogen) atoms. The molecule has 104 valence electrons. The maximum atomic E-state index is 12.1. The third kappa shape index (κ3) is 3.70. The van der Waals surface area contributed by atoms with Gasteiger partial charge in [-0.05, 0) is 12.8 Å². The van der Waals surface area contributed by atoms with Gasteiger partial charge in [0.2, 0.25) is 0 Å². The van der Waals surface area contributed by atoms with Gasteiger partial charge in [-0.15, -0.1) is 0 Å². The topological polar surface area (TPSA) is 98.3 Å². The minimum atomic E-state index is -0.981. The summed E-state index contributed by atoms with van der Waals surface area (Å²) >= 11 is 0. The second-order valence-electron chi connectivity index (χ2n) is 4.73. The number of hydrogen-bond donors (Lipinski definition) is 3. The lowest BCUT2D eigenvalue weighted by molar-refractivity contribution is -0.138. The van der Waals surface area contributed by atoms with Crippen molar-refractivity contribution in [2.24, 2.45) is 0 Å². The van der Waals surface area contributed by atoms with Gasteiger partial charge in [-0.2, -0.15) is 5.10 Å². The van der Waals surface area contributed by atoms with E-state index in [1.165, 1.54) is 4.90 Å². The highest BCUT2D eigenvalue weighted by Gasteiger charge is 2.28. The number of aliphatic carboxylic acids is 1. The predicted octanol–water partition coefficient (Wildman–Crippen LogP) is 0.948. The quantitative estimate of drug-likeness (QED) is 0.739. The van der Waals surface area contributed by atoms with Crippen LogP contribution in [0.2, 0.25) is 0 Å².